The molecule has 1 aliphatic heterocycles. The molecule has 1 saturated heterocycles. The Morgan fingerprint density at radius 2 is 1.83 bits per heavy atom. The second-order valence-corrected chi connectivity index (χ2v) is 7.18. The first-order chi connectivity index (χ1) is 10.6. The number of nitrogens with two attached hydrogens (primary N) is 1. The summed E-state index contributed by atoms with van der Waals surface area (Å²) in [5, 5.41) is 0. The zero-order valence-corrected chi connectivity index (χ0v) is 15.2. The third-order valence-electron chi connectivity index (χ3n) is 4.57. The van der Waals surface area contributed by atoms with Gasteiger partial charge in [-0.15, -0.1) is 0 Å². The van der Waals surface area contributed by atoms with Crippen LogP contribution in [0.2, 0.25) is 0 Å². The van der Waals surface area contributed by atoms with E-state index >= 15 is 0 Å². The van der Waals surface area contributed by atoms with Crippen LogP contribution in [0.4, 0.5) is 5.69 Å². The summed E-state index contributed by atoms with van der Waals surface area (Å²) >= 11 is 4.40. The highest BCUT2D eigenvalue weighted by atomic mass is 32.1. The molecule has 4 nitrogen and oxygen atoms in total. The van der Waals surface area contributed by atoms with Gasteiger partial charge in [0.15, 0.2) is 5.78 Å². The van der Waals surface area contributed by atoms with E-state index in [-0.39, 0.29) is 5.78 Å². The summed E-state index contributed by atoms with van der Waals surface area (Å²) in [4.78, 5) is 11.4. The molecule has 1 fully saturated rings. The molecular weight excluding hydrogens is 309 g/mol. The highest BCUT2D eigenvalue weighted by Crippen LogP contribution is 2.39. The molecule has 124 valence electrons. The predicted molar refractivity (Wildman–Crippen MR) is 98.8 cm³/mol. The minimum absolute atomic E-state index is 0.00685. The molecule has 0 radical (unpaired) electrons. The van der Waals surface area contributed by atoms with E-state index in [2.05, 4.69) is 12.6 Å². The van der Waals surface area contributed by atoms with Crippen molar-refractivity contribution >= 4 is 37.3 Å². The van der Waals surface area contributed by atoms with Gasteiger partial charge >= 0.3 is 7.12 Å². The molecule has 0 aliphatic carbocycles. The minimum atomic E-state index is -0.454. The zero-order chi connectivity index (χ0) is 17.4. The van der Waals surface area contributed by atoms with Crippen LogP contribution in [-0.2, 0) is 9.31 Å². The number of anilines is 1. The number of hydrogen-bond donors (Lipinski definition) is 2. The van der Waals surface area contributed by atoms with Crippen LogP contribution in [0.15, 0.2) is 23.7 Å². The molecule has 1 heterocycles. The fourth-order valence-corrected chi connectivity index (χ4v) is 2.55. The average molecular weight is 333 g/mol. The van der Waals surface area contributed by atoms with E-state index in [0.29, 0.717) is 17.0 Å². The van der Waals surface area contributed by atoms with Gasteiger partial charge in [0.1, 0.15) is 0 Å². The van der Waals surface area contributed by atoms with Gasteiger partial charge in [-0.05, 0) is 51.7 Å². The Morgan fingerprint density at radius 3 is 2.26 bits per heavy atom. The van der Waals surface area contributed by atoms with Gasteiger partial charge in [-0.1, -0.05) is 18.2 Å². The van der Waals surface area contributed by atoms with Crippen LogP contribution in [0.5, 0.6) is 0 Å². The van der Waals surface area contributed by atoms with Crippen molar-refractivity contribution in [1.82, 2.24) is 0 Å². The average Bonchev–Trinajstić information content (AvgIpc) is 2.65. The lowest BCUT2D eigenvalue weighted by Gasteiger charge is -2.32. The van der Waals surface area contributed by atoms with Crippen molar-refractivity contribution in [3.05, 3.63) is 34.8 Å². The fourth-order valence-electron chi connectivity index (χ4n) is 2.31. The molecule has 0 atom stereocenters. The molecule has 0 saturated carbocycles. The van der Waals surface area contributed by atoms with Crippen molar-refractivity contribution in [2.75, 3.05) is 11.5 Å². The summed E-state index contributed by atoms with van der Waals surface area (Å²) in [6, 6.07) is 5.29. The van der Waals surface area contributed by atoms with Crippen LogP contribution in [0.3, 0.4) is 0 Å². The lowest BCUT2D eigenvalue weighted by molar-refractivity contribution is 0.00578. The van der Waals surface area contributed by atoms with E-state index < -0.39 is 18.3 Å². The molecule has 0 unspecified atom stereocenters. The van der Waals surface area contributed by atoms with Gasteiger partial charge in [0.2, 0.25) is 0 Å². The van der Waals surface area contributed by atoms with Crippen LogP contribution in [0.25, 0.3) is 6.08 Å². The Hall–Kier alpha value is -1.24. The summed E-state index contributed by atoms with van der Waals surface area (Å²) in [5.41, 5.74) is 8.14. The van der Waals surface area contributed by atoms with E-state index in [1.807, 2.05) is 39.8 Å². The van der Waals surface area contributed by atoms with Gasteiger partial charge < -0.3 is 15.0 Å². The second kappa shape index (κ2) is 6.34. The van der Waals surface area contributed by atoms with Crippen LogP contribution < -0.4 is 5.73 Å². The van der Waals surface area contributed by atoms with Gasteiger partial charge in [-0.3, -0.25) is 4.79 Å². The highest BCUT2D eigenvalue weighted by molar-refractivity contribution is 7.80. The SMILES string of the molecule is CC(=O)c1ccc(C=C(CS)B2OC(C)(C)C(C)(C)O2)c(N)c1. The number of ketones is 1. The molecule has 1 aromatic rings. The van der Waals surface area contributed by atoms with Crippen molar-refractivity contribution in [1.29, 1.82) is 0 Å². The Kier molecular flexibility index (Phi) is 4.99. The Bertz CT molecular complexity index is 639. The molecule has 2 N–H and O–H groups in total. The molecule has 6 heteroatoms. The molecule has 0 amide bonds. The van der Waals surface area contributed by atoms with E-state index in [1.54, 1.807) is 12.1 Å². The van der Waals surface area contributed by atoms with Crippen LogP contribution in [0, 0.1) is 0 Å². The largest absolute Gasteiger partial charge is 0.491 e. The van der Waals surface area contributed by atoms with Crippen LogP contribution >= 0.6 is 12.6 Å². The third-order valence-corrected chi connectivity index (χ3v) is 4.94. The van der Waals surface area contributed by atoms with E-state index in [0.717, 1.165) is 11.0 Å². The molecule has 0 bridgehead atoms. The Labute approximate surface area is 144 Å². The monoisotopic (exact) mass is 333 g/mol. The lowest BCUT2D eigenvalue weighted by atomic mass is 9.78. The molecule has 0 aromatic heterocycles. The molecule has 0 spiro atoms. The summed E-state index contributed by atoms with van der Waals surface area (Å²) in [7, 11) is -0.454. The molecular formula is C17H24BNO3S. The van der Waals surface area contributed by atoms with E-state index in [4.69, 9.17) is 15.0 Å². The quantitative estimate of drug-likeness (QED) is 0.384. The minimum Gasteiger partial charge on any atom is -0.400 e. The first-order valence-corrected chi connectivity index (χ1v) is 8.28. The van der Waals surface area contributed by atoms with Crippen molar-refractivity contribution in [3.8, 4) is 0 Å². The lowest BCUT2D eigenvalue weighted by Crippen LogP contribution is -2.41. The molecule has 2 rings (SSSR count). The smallest absolute Gasteiger partial charge is 0.400 e. The number of nitrogen functional groups attached to an aromatic ring is 1. The Morgan fingerprint density at radius 1 is 1.26 bits per heavy atom. The third kappa shape index (κ3) is 3.65. The topological polar surface area (TPSA) is 61.5 Å². The predicted octanol–water partition coefficient (Wildman–Crippen LogP) is 3.42. The summed E-state index contributed by atoms with van der Waals surface area (Å²) in [6.45, 7) is 9.57. The highest BCUT2D eigenvalue weighted by Gasteiger charge is 2.52. The number of carbonyl (C=O) groups is 1. The van der Waals surface area contributed by atoms with Gasteiger partial charge in [-0.25, -0.2) is 0 Å². The van der Waals surface area contributed by atoms with Crippen molar-refractivity contribution in [2.45, 2.75) is 45.8 Å². The first-order valence-electron chi connectivity index (χ1n) is 7.65. The first kappa shape index (κ1) is 18.1. The maximum Gasteiger partial charge on any atom is 0.491 e. The number of thiol groups is 1. The normalized spacial score (nSPS) is 19.9. The summed E-state index contributed by atoms with van der Waals surface area (Å²) in [6.07, 6.45) is 1.92. The van der Waals surface area contributed by atoms with Gasteiger partial charge in [0.25, 0.3) is 0 Å². The molecule has 23 heavy (non-hydrogen) atoms. The molecule has 1 aromatic carbocycles. The second-order valence-electron chi connectivity index (χ2n) is 6.87. The van der Waals surface area contributed by atoms with E-state index in [9.17, 15) is 4.79 Å². The van der Waals surface area contributed by atoms with Gasteiger partial charge in [0, 0.05) is 17.0 Å². The number of Topliss-reactive ketones (excluding diaryl/α,β-unsaturated/α-hetero) is 1. The van der Waals surface area contributed by atoms with Crippen LogP contribution in [-0.4, -0.2) is 29.9 Å². The standard InChI is InChI=1S/C17H24BNO3S/c1-11(20)12-6-7-13(15(19)9-12)8-14(10-23)18-21-16(2,3)17(4,5)22-18/h6-9,23H,10,19H2,1-5H3. The maximum atomic E-state index is 11.4. The van der Waals surface area contributed by atoms with Crippen molar-refractivity contribution in [2.24, 2.45) is 0 Å². The van der Waals surface area contributed by atoms with Gasteiger partial charge in [-0.2, -0.15) is 12.6 Å². The molecule has 1 aliphatic rings. The van der Waals surface area contributed by atoms with Crippen molar-refractivity contribution in [3.63, 3.8) is 0 Å². The van der Waals surface area contributed by atoms with Crippen molar-refractivity contribution < 1.29 is 14.1 Å². The number of rotatable bonds is 4. The van der Waals surface area contributed by atoms with Gasteiger partial charge in [0.05, 0.1) is 11.2 Å². The number of carbonyl (C=O) groups excluding carboxylic acids is 1. The summed E-state index contributed by atoms with van der Waals surface area (Å²) in [5.74, 6) is 0.484. The maximum absolute atomic E-state index is 11.4. The number of benzene rings is 1. The Balaban J connectivity index is 2.32. The zero-order valence-electron chi connectivity index (χ0n) is 14.3. The van der Waals surface area contributed by atoms with Crippen LogP contribution in [0.1, 0.15) is 50.5 Å². The number of hydrogen-bond acceptors (Lipinski definition) is 5. The van der Waals surface area contributed by atoms with E-state index in [1.165, 1.54) is 6.92 Å². The fraction of sp³-hybridized carbons (Fsp3) is 0.471. The summed E-state index contributed by atoms with van der Waals surface area (Å²) < 4.78 is 12.1.